The highest BCUT2D eigenvalue weighted by atomic mass is 16.3. The van der Waals surface area contributed by atoms with Crippen molar-refractivity contribution in [1.82, 2.24) is 0 Å². The summed E-state index contributed by atoms with van der Waals surface area (Å²) in [5, 5.41) is 4.97. The molecule has 0 saturated carbocycles. The van der Waals surface area contributed by atoms with E-state index in [-0.39, 0.29) is 0 Å². The van der Waals surface area contributed by atoms with Gasteiger partial charge in [0.1, 0.15) is 13.4 Å². The van der Waals surface area contributed by atoms with E-state index in [9.17, 15) is 0 Å². The number of furan rings is 1. The molecule has 2 nitrogen and oxygen atoms in total. The van der Waals surface area contributed by atoms with Crippen molar-refractivity contribution >= 4 is 51.7 Å². The molecule has 6 rings (SSSR count). The number of hydrogen-bond acceptors (Lipinski definition) is 2. The lowest BCUT2D eigenvalue weighted by Crippen LogP contribution is -2.32. The van der Waals surface area contributed by atoms with Gasteiger partial charge in [0.2, 0.25) is 0 Å². The molecule has 0 amide bonds. The molecule has 0 bridgehead atoms. The Morgan fingerprint density at radius 2 is 1.94 bits per heavy atom. The first-order chi connectivity index (χ1) is 15.7. The van der Waals surface area contributed by atoms with E-state index >= 15 is 0 Å². The maximum absolute atomic E-state index is 6.70. The van der Waals surface area contributed by atoms with E-state index in [0.29, 0.717) is 12.0 Å². The Hall–Kier alpha value is -3.20. The van der Waals surface area contributed by atoms with Crippen LogP contribution in [0.15, 0.2) is 88.5 Å². The lowest BCUT2D eigenvalue weighted by molar-refractivity contribution is 0.538. The van der Waals surface area contributed by atoms with Gasteiger partial charge in [-0.3, -0.25) is 0 Å². The first kappa shape index (κ1) is 19.5. The van der Waals surface area contributed by atoms with Crippen LogP contribution in [0.4, 0.5) is 5.69 Å². The number of benzene rings is 3. The van der Waals surface area contributed by atoms with Gasteiger partial charge in [0, 0.05) is 22.4 Å². The molecule has 2 unspecified atom stereocenters. The zero-order valence-corrected chi connectivity index (χ0v) is 19.1. The Bertz CT molecular complexity index is 1450. The summed E-state index contributed by atoms with van der Waals surface area (Å²) in [7, 11) is 2.16. The molecule has 158 valence electrons. The summed E-state index contributed by atoms with van der Waals surface area (Å²) in [5.41, 5.74) is 7.36. The van der Waals surface area contributed by atoms with E-state index in [1.165, 1.54) is 38.4 Å². The van der Waals surface area contributed by atoms with Gasteiger partial charge in [0.05, 0.1) is 11.7 Å². The number of nitrogens with zero attached hydrogens (tertiary/aromatic N) is 1. The molecule has 0 spiro atoms. The maximum atomic E-state index is 6.70. The lowest BCUT2D eigenvalue weighted by Gasteiger charge is -2.29. The van der Waals surface area contributed by atoms with Crippen molar-refractivity contribution in [3.05, 3.63) is 84.1 Å². The number of hydrogen-bond donors (Lipinski definition) is 0. The number of fused-ring (bicyclic) bond motifs is 5. The van der Waals surface area contributed by atoms with Crippen LogP contribution in [0.1, 0.15) is 33.1 Å². The van der Waals surface area contributed by atoms with E-state index in [2.05, 4.69) is 99.4 Å². The summed E-state index contributed by atoms with van der Waals surface area (Å²) in [6.45, 7) is 4.46. The van der Waals surface area contributed by atoms with Crippen molar-refractivity contribution in [2.75, 3.05) is 4.90 Å². The first-order valence-electron chi connectivity index (χ1n) is 11.9. The summed E-state index contributed by atoms with van der Waals surface area (Å²) in [6, 6.07) is 17.9. The van der Waals surface area contributed by atoms with Gasteiger partial charge < -0.3 is 9.32 Å². The molecule has 1 aromatic heterocycles. The predicted molar refractivity (Wildman–Crippen MR) is 140 cm³/mol. The molecule has 3 aromatic carbocycles. The second-order valence-corrected chi connectivity index (χ2v) is 9.13. The molecule has 2 aliphatic rings. The number of anilines is 1. The van der Waals surface area contributed by atoms with Crippen molar-refractivity contribution in [2.45, 2.75) is 39.2 Å². The Morgan fingerprint density at radius 3 is 2.78 bits per heavy atom. The monoisotopic (exact) mass is 417 g/mol. The van der Waals surface area contributed by atoms with E-state index < -0.39 is 0 Å². The van der Waals surface area contributed by atoms with Crippen LogP contribution >= 0.6 is 0 Å². The standard InChI is InChI=1S/C29H28BNO/c1-3-10-24-19(4-2)21-13-7-8-15-25(21)31(24)26-16-9-14-22-27-20-12-6-5-11-18(20)17-23(30)29(27)32-28(22)26/h3,5-6,8-12,14-17,19,24H,4,7,13,30H2,1-2H3/b10-3-. The SMILES string of the molecule is Bc1cc2ccccc2c2c1oc1c(N3C4=C(CCC=C4)C(CC)C3/C=C\C)cccc12. The highest BCUT2D eigenvalue weighted by molar-refractivity contribution is 6.42. The van der Waals surface area contributed by atoms with Crippen LogP contribution in [-0.4, -0.2) is 13.9 Å². The molecule has 3 heteroatoms. The molecule has 2 heterocycles. The summed E-state index contributed by atoms with van der Waals surface area (Å²) in [5.74, 6) is 0.549. The van der Waals surface area contributed by atoms with E-state index in [1.54, 1.807) is 5.57 Å². The minimum Gasteiger partial charge on any atom is -0.454 e. The molecule has 0 radical (unpaired) electrons. The second kappa shape index (κ2) is 7.44. The normalized spacial score (nSPS) is 21.0. The van der Waals surface area contributed by atoms with Crippen LogP contribution in [-0.2, 0) is 0 Å². The third-order valence-electron chi connectivity index (χ3n) is 7.35. The predicted octanol–water partition coefficient (Wildman–Crippen LogP) is 6.39. The average molecular weight is 417 g/mol. The average Bonchev–Trinajstić information content (AvgIpc) is 3.36. The number of allylic oxidation sites excluding steroid dienone is 3. The van der Waals surface area contributed by atoms with E-state index in [1.807, 2.05) is 0 Å². The zero-order chi connectivity index (χ0) is 21.8. The van der Waals surface area contributed by atoms with Crippen LogP contribution < -0.4 is 10.4 Å². The van der Waals surface area contributed by atoms with Gasteiger partial charge in [-0.25, -0.2) is 0 Å². The van der Waals surface area contributed by atoms with Gasteiger partial charge in [0.15, 0.2) is 5.58 Å². The molecule has 2 atom stereocenters. The maximum Gasteiger partial charge on any atom is 0.159 e. The third kappa shape index (κ3) is 2.67. The Balaban J connectivity index is 1.67. The van der Waals surface area contributed by atoms with Crippen LogP contribution in [0.5, 0.6) is 0 Å². The molecule has 0 fully saturated rings. The fourth-order valence-electron chi connectivity index (χ4n) is 6.01. The lowest BCUT2D eigenvalue weighted by atomic mass is 9.87. The van der Waals surface area contributed by atoms with Crippen LogP contribution in [0, 0.1) is 5.92 Å². The topological polar surface area (TPSA) is 16.4 Å². The van der Waals surface area contributed by atoms with E-state index in [0.717, 1.165) is 30.4 Å². The highest BCUT2D eigenvalue weighted by Gasteiger charge is 2.39. The first-order valence-corrected chi connectivity index (χ1v) is 11.9. The smallest absolute Gasteiger partial charge is 0.159 e. The van der Waals surface area contributed by atoms with Crippen molar-refractivity contribution in [2.24, 2.45) is 5.92 Å². The van der Waals surface area contributed by atoms with Gasteiger partial charge >= 0.3 is 0 Å². The van der Waals surface area contributed by atoms with Crippen molar-refractivity contribution in [3.63, 3.8) is 0 Å². The minimum absolute atomic E-state index is 0.328. The summed E-state index contributed by atoms with van der Waals surface area (Å²) in [6.07, 6.45) is 12.7. The van der Waals surface area contributed by atoms with Crippen molar-refractivity contribution in [3.8, 4) is 0 Å². The summed E-state index contributed by atoms with van der Waals surface area (Å²) < 4.78 is 6.70. The van der Waals surface area contributed by atoms with Crippen molar-refractivity contribution in [1.29, 1.82) is 0 Å². The summed E-state index contributed by atoms with van der Waals surface area (Å²) in [4.78, 5) is 2.54. The number of para-hydroxylation sites is 1. The second-order valence-electron chi connectivity index (χ2n) is 9.13. The molecule has 4 aromatic rings. The number of rotatable bonds is 3. The minimum atomic E-state index is 0.328. The molecule has 1 aliphatic heterocycles. The van der Waals surface area contributed by atoms with Gasteiger partial charge in [0.25, 0.3) is 0 Å². The Morgan fingerprint density at radius 1 is 1.09 bits per heavy atom. The van der Waals surface area contributed by atoms with Crippen molar-refractivity contribution < 1.29 is 4.42 Å². The van der Waals surface area contributed by atoms with Gasteiger partial charge in [-0.15, -0.1) is 0 Å². The molecular formula is C29H28BNO. The van der Waals surface area contributed by atoms with E-state index in [4.69, 9.17) is 4.42 Å². The molecule has 0 saturated heterocycles. The van der Waals surface area contributed by atoms with Crippen LogP contribution in [0.2, 0.25) is 0 Å². The quantitative estimate of drug-likeness (QED) is 0.284. The highest BCUT2D eigenvalue weighted by Crippen LogP contribution is 2.47. The van der Waals surface area contributed by atoms with Crippen LogP contribution in [0.3, 0.4) is 0 Å². The molecule has 1 aliphatic carbocycles. The Kier molecular flexibility index (Phi) is 4.53. The molecule has 0 N–H and O–H groups in total. The fraction of sp³-hybridized carbons (Fsp3) is 0.241. The molecular weight excluding hydrogens is 389 g/mol. The summed E-state index contributed by atoms with van der Waals surface area (Å²) >= 11 is 0. The Labute approximate surface area is 190 Å². The van der Waals surface area contributed by atoms with Crippen LogP contribution in [0.25, 0.3) is 32.7 Å². The van der Waals surface area contributed by atoms with Gasteiger partial charge in [-0.1, -0.05) is 67.6 Å². The molecule has 32 heavy (non-hydrogen) atoms. The fourth-order valence-corrected chi connectivity index (χ4v) is 6.01. The van der Waals surface area contributed by atoms with Gasteiger partial charge in [-0.2, -0.15) is 0 Å². The third-order valence-corrected chi connectivity index (χ3v) is 7.35. The zero-order valence-electron chi connectivity index (χ0n) is 19.1. The largest absolute Gasteiger partial charge is 0.454 e. The van der Waals surface area contributed by atoms with Gasteiger partial charge in [-0.05, 0) is 60.1 Å².